The smallest absolute Gasteiger partial charge is 0.416 e. The summed E-state index contributed by atoms with van der Waals surface area (Å²) in [7, 11) is 1.28. The third-order valence-electron chi connectivity index (χ3n) is 3.92. The molecule has 0 aliphatic carbocycles. The maximum atomic E-state index is 12.9. The second-order valence-corrected chi connectivity index (χ2v) is 6.47. The van der Waals surface area contributed by atoms with E-state index in [1.165, 1.54) is 19.2 Å². The fourth-order valence-corrected chi connectivity index (χ4v) is 3.13. The molecule has 0 atom stereocenters. The van der Waals surface area contributed by atoms with Crippen molar-refractivity contribution in [2.45, 2.75) is 13.1 Å². The first-order valence-electron chi connectivity index (χ1n) is 8.36. The van der Waals surface area contributed by atoms with Gasteiger partial charge in [-0.3, -0.25) is 0 Å². The van der Waals surface area contributed by atoms with Crippen LogP contribution >= 0.6 is 11.5 Å². The van der Waals surface area contributed by atoms with Crippen LogP contribution in [0.4, 0.5) is 13.2 Å². The molecule has 0 aliphatic heterocycles. The normalized spacial score (nSPS) is 12.0. The average Bonchev–Trinajstić information content (AvgIpc) is 3.17. The molecule has 0 saturated carbocycles. The summed E-state index contributed by atoms with van der Waals surface area (Å²) in [6.45, 7) is 1.69. The molecule has 0 amide bonds. The molecule has 29 heavy (non-hydrogen) atoms. The first-order valence-corrected chi connectivity index (χ1v) is 9.14. The van der Waals surface area contributed by atoms with Crippen molar-refractivity contribution >= 4 is 23.1 Å². The van der Waals surface area contributed by atoms with E-state index < -0.39 is 17.7 Å². The maximum Gasteiger partial charge on any atom is 0.416 e. The summed E-state index contributed by atoms with van der Waals surface area (Å²) in [5.41, 5.74) is 0.250. The van der Waals surface area contributed by atoms with Crippen molar-refractivity contribution in [3.63, 3.8) is 0 Å². The zero-order valence-electron chi connectivity index (χ0n) is 15.4. The number of hydrogen-bond donors (Lipinski definition) is 0. The van der Waals surface area contributed by atoms with E-state index in [4.69, 9.17) is 9.47 Å². The number of carbonyl (C=O) groups excluding carboxylic acids is 1. The minimum atomic E-state index is -4.46. The Kier molecular flexibility index (Phi) is 5.97. The minimum Gasteiger partial charge on any atom is -0.465 e. The topological polar surface area (TPSA) is 61.3 Å². The zero-order valence-corrected chi connectivity index (χ0v) is 16.2. The van der Waals surface area contributed by atoms with E-state index in [9.17, 15) is 18.0 Å². The van der Waals surface area contributed by atoms with Crippen molar-refractivity contribution in [2.75, 3.05) is 7.11 Å². The Morgan fingerprint density at radius 1 is 1.14 bits per heavy atom. The molecule has 0 spiro atoms. The second kappa shape index (κ2) is 8.44. The lowest BCUT2D eigenvalue weighted by Gasteiger charge is -2.10. The van der Waals surface area contributed by atoms with E-state index in [1.807, 2.05) is 0 Å². The van der Waals surface area contributed by atoms with E-state index >= 15 is 0 Å². The summed E-state index contributed by atoms with van der Waals surface area (Å²) in [5, 5.41) is 0.130. The van der Waals surface area contributed by atoms with Crippen molar-refractivity contribution < 1.29 is 27.4 Å². The number of rotatable bonds is 5. The van der Waals surface area contributed by atoms with Crippen molar-refractivity contribution in [2.24, 2.45) is 0 Å². The summed E-state index contributed by atoms with van der Waals surface area (Å²) in [5.74, 6) is -0.0592. The standard InChI is InChI=1S/C20H15F3N2O3S/c1-3-14(18(26)27-2)15-9-4-5-10-16(15)28-19-24-17(25-29-19)12-7-6-8-13(11-12)20(21,22)23/h3-11H,1-2H3. The highest BCUT2D eigenvalue weighted by atomic mass is 32.1. The van der Waals surface area contributed by atoms with Crippen LogP contribution in [0.25, 0.3) is 17.0 Å². The van der Waals surface area contributed by atoms with Gasteiger partial charge in [-0.2, -0.15) is 22.5 Å². The first-order chi connectivity index (χ1) is 13.8. The van der Waals surface area contributed by atoms with E-state index in [1.54, 1.807) is 37.3 Å². The molecule has 3 rings (SSSR count). The first kappa shape index (κ1) is 20.5. The van der Waals surface area contributed by atoms with E-state index in [0.717, 1.165) is 23.7 Å². The molecule has 2 aromatic carbocycles. The molecule has 1 heterocycles. The SMILES string of the molecule is CC=C(C(=O)OC)c1ccccc1Oc1nc(-c2cccc(C(F)(F)F)c2)ns1. The fourth-order valence-electron chi connectivity index (χ4n) is 2.57. The highest BCUT2D eigenvalue weighted by Gasteiger charge is 2.30. The summed E-state index contributed by atoms with van der Waals surface area (Å²) >= 11 is 0.895. The number of nitrogens with zero attached hydrogens (tertiary/aromatic N) is 2. The lowest BCUT2D eigenvalue weighted by Crippen LogP contribution is -2.05. The molecule has 1 aromatic heterocycles. The molecular weight excluding hydrogens is 405 g/mol. The van der Waals surface area contributed by atoms with Gasteiger partial charge < -0.3 is 9.47 Å². The van der Waals surface area contributed by atoms with Gasteiger partial charge >= 0.3 is 12.1 Å². The Labute approximate surface area is 168 Å². The number of benzene rings is 2. The number of carbonyl (C=O) groups is 1. The van der Waals surface area contributed by atoms with Gasteiger partial charge in [0.2, 0.25) is 0 Å². The van der Waals surface area contributed by atoms with Crippen molar-refractivity contribution in [1.82, 2.24) is 9.36 Å². The van der Waals surface area contributed by atoms with Crippen LogP contribution in [0.2, 0.25) is 0 Å². The molecule has 150 valence electrons. The molecular formula is C20H15F3N2O3S. The van der Waals surface area contributed by atoms with Gasteiger partial charge in [0.25, 0.3) is 5.19 Å². The van der Waals surface area contributed by atoms with Crippen LogP contribution in [0, 0.1) is 0 Å². The Morgan fingerprint density at radius 3 is 2.59 bits per heavy atom. The van der Waals surface area contributed by atoms with Crippen LogP contribution < -0.4 is 4.74 Å². The highest BCUT2D eigenvalue weighted by molar-refractivity contribution is 7.07. The van der Waals surface area contributed by atoms with E-state index in [2.05, 4.69) is 9.36 Å². The van der Waals surface area contributed by atoms with Gasteiger partial charge in [-0.15, -0.1) is 0 Å². The summed E-state index contributed by atoms with van der Waals surface area (Å²) < 4.78 is 53.4. The van der Waals surface area contributed by atoms with Gasteiger partial charge in [0.1, 0.15) is 5.75 Å². The molecule has 3 aromatic rings. The third-order valence-corrected chi connectivity index (χ3v) is 4.52. The lowest BCUT2D eigenvalue weighted by molar-refractivity contribution is -0.137. The van der Waals surface area contributed by atoms with Crippen LogP contribution in [0.5, 0.6) is 10.9 Å². The van der Waals surface area contributed by atoms with Crippen molar-refractivity contribution in [3.05, 3.63) is 65.7 Å². The van der Waals surface area contributed by atoms with Gasteiger partial charge in [-0.1, -0.05) is 36.4 Å². The van der Waals surface area contributed by atoms with Crippen LogP contribution in [0.15, 0.2) is 54.6 Å². The fraction of sp³-hybridized carbons (Fsp3) is 0.150. The molecule has 0 unspecified atom stereocenters. The summed E-state index contributed by atoms with van der Waals surface area (Å²) in [6, 6.07) is 11.5. The molecule has 0 radical (unpaired) electrons. The van der Waals surface area contributed by atoms with Gasteiger partial charge in [0.05, 0.1) is 18.2 Å². The van der Waals surface area contributed by atoms with Gasteiger partial charge in [-0.25, -0.2) is 4.79 Å². The number of alkyl halides is 3. The van der Waals surface area contributed by atoms with Crippen LogP contribution in [-0.2, 0) is 15.7 Å². The largest absolute Gasteiger partial charge is 0.465 e. The molecule has 5 nitrogen and oxygen atoms in total. The van der Waals surface area contributed by atoms with Gasteiger partial charge in [0.15, 0.2) is 5.82 Å². The number of esters is 1. The summed E-state index contributed by atoms with van der Waals surface area (Å²) in [4.78, 5) is 16.2. The van der Waals surface area contributed by atoms with Gasteiger partial charge in [-0.05, 0) is 25.1 Å². The predicted octanol–water partition coefficient (Wildman–Crippen LogP) is 5.59. The molecule has 0 bridgehead atoms. The lowest BCUT2D eigenvalue weighted by atomic mass is 10.0. The number of ether oxygens (including phenoxy) is 2. The monoisotopic (exact) mass is 420 g/mol. The Hall–Kier alpha value is -3.20. The minimum absolute atomic E-state index is 0.118. The van der Waals surface area contributed by atoms with E-state index in [-0.39, 0.29) is 16.6 Å². The second-order valence-electron chi connectivity index (χ2n) is 5.75. The Balaban J connectivity index is 1.90. The molecule has 0 aliphatic rings. The maximum absolute atomic E-state index is 12.9. The number of aromatic nitrogens is 2. The predicted molar refractivity (Wildman–Crippen MR) is 103 cm³/mol. The average molecular weight is 420 g/mol. The number of para-hydroxylation sites is 1. The van der Waals surface area contributed by atoms with Gasteiger partial charge in [0, 0.05) is 22.7 Å². The van der Waals surface area contributed by atoms with Crippen molar-refractivity contribution in [1.29, 1.82) is 0 Å². The molecule has 9 heteroatoms. The Bertz CT molecular complexity index is 1060. The number of allylic oxidation sites excluding steroid dienone is 1. The van der Waals surface area contributed by atoms with Crippen LogP contribution in [0.3, 0.4) is 0 Å². The summed E-state index contributed by atoms with van der Waals surface area (Å²) in [6.07, 6.45) is -2.86. The number of hydrogen-bond acceptors (Lipinski definition) is 6. The molecule has 0 saturated heterocycles. The van der Waals surface area contributed by atoms with Crippen LogP contribution in [0.1, 0.15) is 18.1 Å². The number of halogens is 3. The zero-order chi connectivity index (χ0) is 21.0. The quantitative estimate of drug-likeness (QED) is 0.398. The Morgan fingerprint density at radius 2 is 1.90 bits per heavy atom. The number of methoxy groups -OCH3 is 1. The highest BCUT2D eigenvalue weighted by Crippen LogP contribution is 2.35. The van der Waals surface area contributed by atoms with Crippen LogP contribution in [-0.4, -0.2) is 22.4 Å². The van der Waals surface area contributed by atoms with Crippen molar-refractivity contribution in [3.8, 4) is 22.3 Å². The van der Waals surface area contributed by atoms with E-state index in [0.29, 0.717) is 16.9 Å². The third kappa shape index (κ3) is 4.62. The molecule has 0 fully saturated rings. The molecule has 0 N–H and O–H groups in total.